The molecule has 0 bridgehead atoms. The minimum absolute atomic E-state index is 0.0826. The average molecular weight is 352 g/mol. The molecular weight excluding hydrogens is 318 g/mol. The van der Waals surface area contributed by atoms with Crippen molar-refractivity contribution in [1.82, 2.24) is 5.32 Å². The van der Waals surface area contributed by atoms with Crippen molar-refractivity contribution in [3.8, 4) is 0 Å². The van der Waals surface area contributed by atoms with Crippen molar-refractivity contribution in [2.45, 2.75) is 59.5 Å². The van der Waals surface area contributed by atoms with Crippen LogP contribution >= 0.6 is 0 Å². The van der Waals surface area contributed by atoms with E-state index in [0.29, 0.717) is 25.2 Å². The van der Waals surface area contributed by atoms with Gasteiger partial charge in [-0.1, -0.05) is 13.8 Å². The highest BCUT2D eigenvalue weighted by Crippen LogP contribution is 2.31. The first kappa shape index (κ1) is 22.2. The van der Waals surface area contributed by atoms with Gasteiger partial charge in [-0.2, -0.15) is 0 Å². The number of aliphatic hydroxyl groups excluding tert-OH is 1. The van der Waals surface area contributed by atoms with Gasteiger partial charge < -0.3 is 15.2 Å². The number of aliphatic hydroxyl groups is 1. The van der Waals surface area contributed by atoms with Gasteiger partial charge in [-0.05, 0) is 46.0 Å². The van der Waals surface area contributed by atoms with Crippen molar-refractivity contribution in [2.75, 3.05) is 25.2 Å². The molecule has 1 atom stereocenters. The van der Waals surface area contributed by atoms with Crippen molar-refractivity contribution >= 4 is 15.9 Å². The fourth-order valence-corrected chi connectivity index (χ4v) is 3.28. The summed E-state index contributed by atoms with van der Waals surface area (Å²) >= 11 is 0. The van der Waals surface area contributed by atoms with Gasteiger partial charge in [0.05, 0.1) is 6.61 Å². The van der Waals surface area contributed by atoms with Crippen molar-refractivity contribution in [1.29, 1.82) is 0 Å². The first-order valence-corrected chi connectivity index (χ1v) is 10.1. The number of hydrogen-bond donors (Lipinski definition) is 2. The van der Waals surface area contributed by atoms with Crippen LogP contribution in [0.2, 0.25) is 0 Å². The Balaban J connectivity index is 4.80. The maximum atomic E-state index is 11.8. The third kappa shape index (κ3) is 11.4. The van der Waals surface area contributed by atoms with E-state index < -0.39 is 26.9 Å². The van der Waals surface area contributed by atoms with Crippen molar-refractivity contribution < 1.29 is 23.1 Å². The van der Waals surface area contributed by atoms with Gasteiger partial charge >= 0.3 is 6.09 Å². The van der Waals surface area contributed by atoms with Crippen LogP contribution in [-0.2, 0) is 14.6 Å². The number of ether oxygens (including phenoxy) is 1. The number of carbonyl (C=O) groups excluding carboxylic acids is 1. The quantitative estimate of drug-likeness (QED) is 0.665. The van der Waals surface area contributed by atoms with Gasteiger partial charge in [-0.15, -0.1) is 0 Å². The third-order valence-electron chi connectivity index (χ3n) is 3.41. The Hall–Kier alpha value is -0.820. The molecule has 0 heterocycles. The topological polar surface area (TPSA) is 92.7 Å². The van der Waals surface area contributed by atoms with Gasteiger partial charge in [0.15, 0.2) is 0 Å². The Bertz CT molecular complexity index is 467. The Morgan fingerprint density at radius 1 is 1.26 bits per heavy atom. The number of alkyl carbamates (subject to hydrolysis) is 1. The molecule has 0 aromatic carbocycles. The minimum atomic E-state index is -3.03. The lowest BCUT2D eigenvalue weighted by atomic mass is 9.77. The number of amides is 1. The summed E-state index contributed by atoms with van der Waals surface area (Å²) < 4.78 is 27.8. The van der Waals surface area contributed by atoms with Gasteiger partial charge in [-0.3, -0.25) is 0 Å². The second kappa shape index (κ2) is 8.87. The standard InChI is InChI=1S/C16H33NO5S/c1-13(2)10-16(12-18,8-7-9-23(6,20)21)11-17-14(19)22-15(3,4)5/h13,18H,7-12H2,1-6H3,(H,17,19). The SMILES string of the molecule is CC(C)CC(CO)(CCCS(C)(=O)=O)CNC(=O)OC(C)(C)C. The summed E-state index contributed by atoms with van der Waals surface area (Å²) in [5.74, 6) is 0.403. The van der Waals surface area contributed by atoms with Crippen LogP contribution in [0.1, 0.15) is 53.9 Å². The van der Waals surface area contributed by atoms with Gasteiger partial charge in [0.2, 0.25) is 0 Å². The lowest BCUT2D eigenvalue weighted by molar-refractivity contribution is 0.0425. The van der Waals surface area contributed by atoms with E-state index in [1.807, 2.05) is 13.8 Å². The molecule has 0 rings (SSSR count). The number of carbonyl (C=O) groups is 1. The van der Waals surface area contributed by atoms with Crippen molar-refractivity contribution in [3.05, 3.63) is 0 Å². The highest BCUT2D eigenvalue weighted by atomic mass is 32.2. The predicted octanol–water partition coefficient (Wildman–Crippen LogP) is 2.36. The zero-order chi connectivity index (χ0) is 18.3. The Morgan fingerprint density at radius 2 is 1.83 bits per heavy atom. The first-order valence-electron chi connectivity index (χ1n) is 8.04. The van der Waals surface area contributed by atoms with Gasteiger partial charge in [-0.25, -0.2) is 13.2 Å². The summed E-state index contributed by atoms with van der Waals surface area (Å²) in [5, 5.41) is 12.6. The fraction of sp³-hybridized carbons (Fsp3) is 0.938. The van der Waals surface area contributed by atoms with E-state index in [0.717, 1.165) is 0 Å². The molecule has 6 nitrogen and oxygen atoms in total. The highest BCUT2D eigenvalue weighted by molar-refractivity contribution is 7.90. The molecule has 0 fully saturated rings. The van der Waals surface area contributed by atoms with Crippen LogP contribution in [-0.4, -0.2) is 50.4 Å². The third-order valence-corrected chi connectivity index (χ3v) is 4.44. The van der Waals surface area contributed by atoms with Crippen LogP contribution in [0, 0.1) is 11.3 Å². The zero-order valence-corrected chi connectivity index (χ0v) is 16.1. The molecule has 1 unspecified atom stereocenters. The minimum Gasteiger partial charge on any atom is -0.444 e. The van der Waals surface area contributed by atoms with Gasteiger partial charge in [0.25, 0.3) is 0 Å². The van der Waals surface area contributed by atoms with E-state index in [1.165, 1.54) is 6.26 Å². The van der Waals surface area contributed by atoms with Crippen LogP contribution < -0.4 is 5.32 Å². The monoisotopic (exact) mass is 351 g/mol. The normalized spacial score (nSPS) is 15.3. The van der Waals surface area contributed by atoms with E-state index in [2.05, 4.69) is 5.32 Å². The molecule has 0 aromatic rings. The molecule has 0 spiro atoms. The van der Waals surface area contributed by atoms with Crippen LogP contribution in [0.5, 0.6) is 0 Å². The molecule has 1 amide bonds. The maximum Gasteiger partial charge on any atom is 0.407 e. The molecule has 23 heavy (non-hydrogen) atoms. The molecule has 7 heteroatoms. The molecule has 0 saturated carbocycles. The molecule has 0 saturated heterocycles. The van der Waals surface area contributed by atoms with Gasteiger partial charge in [0.1, 0.15) is 15.4 Å². The van der Waals surface area contributed by atoms with Crippen molar-refractivity contribution in [2.24, 2.45) is 11.3 Å². The molecule has 138 valence electrons. The van der Waals surface area contributed by atoms with E-state index >= 15 is 0 Å². The fourth-order valence-electron chi connectivity index (χ4n) is 2.61. The Labute approximate surface area is 140 Å². The summed E-state index contributed by atoms with van der Waals surface area (Å²) in [6.45, 7) is 9.58. The Kier molecular flexibility index (Phi) is 8.56. The molecule has 0 aliphatic heterocycles. The van der Waals surface area contributed by atoms with Crippen LogP contribution in [0.25, 0.3) is 0 Å². The second-order valence-corrected chi connectivity index (χ2v) is 10.1. The van der Waals surface area contributed by atoms with Crippen molar-refractivity contribution in [3.63, 3.8) is 0 Å². The molecule has 2 N–H and O–H groups in total. The average Bonchev–Trinajstić information content (AvgIpc) is 2.31. The summed E-state index contributed by atoms with van der Waals surface area (Å²) in [6, 6.07) is 0. The molecule has 0 aliphatic rings. The number of sulfone groups is 1. The Morgan fingerprint density at radius 3 is 2.22 bits per heavy atom. The second-order valence-electron chi connectivity index (χ2n) is 7.84. The predicted molar refractivity (Wildman–Crippen MR) is 92.2 cm³/mol. The molecule has 0 aromatic heterocycles. The largest absolute Gasteiger partial charge is 0.444 e. The molecule has 0 aliphatic carbocycles. The number of hydrogen-bond acceptors (Lipinski definition) is 5. The highest BCUT2D eigenvalue weighted by Gasteiger charge is 2.31. The summed E-state index contributed by atoms with van der Waals surface area (Å²) in [6.07, 6.45) is 2.37. The lowest BCUT2D eigenvalue weighted by Crippen LogP contribution is -2.43. The van der Waals surface area contributed by atoms with Gasteiger partial charge in [0, 0.05) is 24.0 Å². The lowest BCUT2D eigenvalue weighted by Gasteiger charge is -2.34. The van der Waals surface area contributed by atoms with E-state index in [4.69, 9.17) is 4.74 Å². The first-order chi connectivity index (χ1) is 10.3. The van der Waals surface area contributed by atoms with Crippen LogP contribution in [0.4, 0.5) is 4.79 Å². The summed E-state index contributed by atoms with van der Waals surface area (Å²) in [4.78, 5) is 11.8. The summed E-state index contributed by atoms with van der Waals surface area (Å²) in [5.41, 5.74) is -1.12. The smallest absolute Gasteiger partial charge is 0.407 e. The molecular formula is C16H33NO5S. The number of nitrogens with one attached hydrogen (secondary N) is 1. The maximum absolute atomic E-state index is 11.8. The van der Waals surface area contributed by atoms with Crippen LogP contribution in [0.3, 0.4) is 0 Å². The van der Waals surface area contributed by atoms with E-state index in [1.54, 1.807) is 20.8 Å². The molecule has 0 radical (unpaired) electrons. The van der Waals surface area contributed by atoms with Crippen LogP contribution in [0.15, 0.2) is 0 Å². The summed E-state index contributed by atoms with van der Waals surface area (Å²) in [7, 11) is -3.03. The van der Waals surface area contributed by atoms with E-state index in [-0.39, 0.29) is 18.9 Å². The van der Waals surface area contributed by atoms with E-state index in [9.17, 15) is 18.3 Å². The zero-order valence-electron chi connectivity index (χ0n) is 15.3. The number of rotatable bonds is 9.